The highest BCUT2D eigenvalue weighted by atomic mass is 79.9. The number of nitrogens with zero attached hydrogens (tertiary/aromatic N) is 3. The number of rotatable bonds is 9. The van der Waals surface area contributed by atoms with E-state index in [1.165, 1.54) is 12.1 Å². The van der Waals surface area contributed by atoms with Crippen molar-refractivity contribution in [1.82, 2.24) is 4.98 Å². The Bertz CT molecular complexity index is 1710. The predicted octanol–water partition coefficient (Wildman–Crippen LogP) is 6.85. The van der Waals surface area contributed by atoms with E-state index in [2.05, 4.69) is 15.9 Å². The van der Waals surface area contributed by atoms with E-state index in [1.54, 1.807) is 26.4 Å². The molecule has 9 nitrogen and oxygen atoms in total. The first-order valence-electron chi connectivity index (χ1n) is 13.9. The number of pyridine rings is 1. The van der Waals surface area contributed by atoms with Gasteiger partial charge in [-0.15, -0.1) is 0 Å². The standard InChI is InChI=1S/C33H30BrFN4O5/c1-41-26-11-10-21(17-27(26)43-19-20-6-4-3-5-7-20)28-30(22-8-9-23(18-36)25(35)16-22)38-32(29(34)31(28)42-2)39-14-12-24(13-15-39)44-33(37)40/h3-11,16-17,24H,12-15,19H2,1-2H3,(H2,37,40). The Hall–Kier alpha value is -4.82. The molecule has 226 valence electrons. The van der Waals surface area contributed by atoms with Gasteiger partial charge in [0.1, 0.15) is 40.6 Å². The van der Waals surface area contributed by atoms with Crippen molar-refractivity contribution in [2.45, 2.75) is 25.6 Å². The van der Waals surface area contributed by atoms with Crippen LogP contribution in [0.15, 0.2) is 71.2 Å². The number of piperidine rings is 1. The number of aromatic nitrogens is 1. The van der Waals surface area contributed by atoms with Gasteiger partial charge in [0, 0.05) is 31.5 Å². The second-order valence-corrected chi connectivity index (χ2v) is 10.9. The van der Waals surface area contributed by atoms with Crippen molar-refractivity contribution in [3.63, 3.8) is 0 Å². The van der Waals surface area contributed by atoms with Gasteiger partial charge in [0.15, 0.2) is 11.5 Å². The van der Waals surface area contributed by atoms with Crippen LogP contribution in [0.3, 0.4) is 0 Å². The average molecular weight is 662 g/mol. The smallest absolute Gasteiger partial charge is 0.404 e. The lowest BCUT2D eigenvalue weighted by Gasteiger charge is -2.33. The number of hydrogen-bond acceptors (Lipinski definition) is 8. The van der Waals surface area contributed by atoms with Gasteiger partial charge in [-0.3, -0.25) is 0 Å². The van der Waals surface area contributed by atoms with Crippen LogP contribution in [-0.2, 0) is 11.3 Å². The van der Waals surface area contributed by atoms with Gasteiger partial charge in [-0.05, 0) is 51.3 Å². The number of halogens is 2. The summed E-state index contributed by atoms with van der Waals surface area (Å²) in [5.41, 5.74) is 8.32. The first-order valence-corrected chi connectivity index (χ1v) is 14.7. The third-order valence-corrected chi connectivity index (χ3v) is 8.07. The van der Waals surface area contributed by atoms with Gasteiger partial charge in [0.05, 0.1) is 31.0 Å². The molecule has 1 aliphatic heterocycles. The summed E-state index contributed by atoms with van der Waals surface area (Å²) in [5, 5.41) is 9.33. The van der Waals surface area contributed by atoms with Crippen LogP contribution in [-0.4, -0.2) is 44.5 Å². The number of benzene rings is 3. The number of anilines is 1. The lowest BCUT2D eigenvalue weighted by Crippen LogP contribution is -2.39. The van der Waals surface area contributed by atoms with Crippen LogP contribution in [0.1, 0.15) is 24.0 Å². The number of ether oxygens (including phenoxy) is 4. The van der Waals surface area contributed by atoms with E-state index in [1.807, 2.05) is 53.4 Å². The number of methoxy groups -OCH3 is 2. The Morgan fingerprint density at radius 2 is 1.77 bits per heavy atom. The first kappa shape index (κ1) is 30.6. The molecule has 1 amide bonds. The summed E-state index contributed by atoms with van der Waals surface area (Å²) in [7, 11) is 3.13. The minimum atomic E-state index is -0.800. The highest BCUT2D eigenvalue weighted by Gasteiger charge is 2.29. The lowest BCUT2D eigenvalue weighted by molar-refractivity contribution is 0.0911. The Morgan fingerprint density at radius 3 is 2.41 bits per heavy atom. The minimum absolute atomic E-state index is 0.0721. The summed E-state index contributed by atoms with van der Waals surface area (Å²) in [6.07, 6.45) is 0.0281. The zero-order chi connectivity index (χ0) is 31.2. The van der Waals surface area contributed by atoms with E-state index in [9.17, 15) is 14.4 Å². The van der Waals surface area contributed by atoms with Crippen LogP contribution in [0.25, 0.3) is 22.4 Å². The van der Waals surface area contributed by atoms with E-state index in [4.69, 9.17) is 29.7 Å². The second-order valence-electron chi connectivity index (χ2n) is 10.1. The predicted molar refractivity (Wildman–Crippen MR) is 167 cm³/mol. The first-order chi connectivity index (χ1) is 21.3. The fourth-order valence-electron chi connectivity index (χ4n) is 5.19. The Kier molecular flexibility index (Phi) is 9.50. The fourth-order valence-corrected chi connectivity index (χ4v) is 5.89. The van der Waals surface area contributed by atoms with Crippen molar-refractivity contribution in [3.8, 4) is 45.7 Å². The molecular formula is C33H30BrFN4O5. The zero-order valence-electron chi connectivity index (χ0n) is 24.2. The van der Waals surface area contributed by atoms with Gasteiger partial charge in [-0.25, -0.2) is 14.2 Å². The third kappa shape index (κ3) is 6.55. The van der Waals surface area contributed by atoms with Crippen LogP contribution in [0, 0.1) is 17.1 Å². The average Bonchev–Trinajstić information content (AvgIpc) is 3.04. The zero-order valence-corrected chi connectivity index (χ0v) is 25.8. The number of amides is 1. The maximum Gasteiger partial charge on any atom is 0.404 e. The molecule has 0 unspecified atom stereocenters. The molecule has 0 spiro atoms. The van der Waals surface area contributed by atoms with Gasteiger partial charge in [-0.2, -0.15) is 5.26 Å². The van der Waals surface area contributed by atoms with Crippen molar-refractivity contribution < 1.29 is 28.1 Å². The number of nitrogens with two attached hydrogens (primary N) is 1. The van der Waals surface area contributed by atoms with E-state index in [-0.39, 0.29) is 11.7 Å². The summed E-state index contributed by atoms with van der Waals surface area (Å²) in [4.78, 5) is 18.4. The molecule has 2 N–H and O–H groups in total. The van der Waals surface area contributed by atoms with Crippen LogP contribution >= 0.6 is 15.9 Å². The normalized spacial score (nSPS) is 13.2. The van der Waals surface area contributed by atoms with Crippen molar-refractivity contribution in [2.24, 2.45) is 5.73 Å². The Balaban J connectivity index is 1.63. The molecule has 1 aliphatic rings. The van der Waals surface area contributed by atoms with Gasteiger partial charge in [0.25, 0.3) is 0 Å². The lowest BCUT2D eigenvalue weighted by atomic mass is 9.96. The molecule has 0 bridgehead atoms. The highest BCUT2D eigenvalue weighted by molar-refractivity contribution is 9.10. The van der Waals surface area contributed by atoms with E-state index in [0.717, 1.165) is 5.56 Å². The second kappa shape index (κ2) is 13.7. The maximum atomic E-state index is 15.0. The molecular weight excluding hydrogens is 631 g/mol. The van der Waals surface area contributed by atoms with Crippen LogP contribution in [0.5, 0.6) is 17.2 Å². The monoisotopic (exact) mass is 660 g/mol. The molecule has 2 heterocycles. The molecule has 0 aliphatic carbocycles. The SMILES string of the molecule is COc1ccc(-c2c(-c3ccc(C#N)c(F)c3)nc(N3CCC(OC(N)=O)CC3)c(Br)c2OC)cc1OCc1ccccc1. The molecule has 11 heteroatoms. The van der Waals surface area contributed by atoms with Gasteiger partial charge in [-0.1, -0.05) is 42.5 Å². The van der Waals surface area contributed by atoms with Crippen molar-refractivity contribution in [2.75, 3.05) is 32.2 Å². The molecule has 44 heavy (non-hydrogen) atoms. The Morgan fingerprint density at radius 1 is 1.05 bits per heavy atom. The van der Waals surface area contributed by atoms with E-state index < -0.39 is 11.9 Å². The summed E-state index contributed by atoms with van der Waals surface area (Å²) in [6, 6.07) is 21.5. The molecule has 0 atom stereocenters. The van der Waals surface area contributed by atoms with Crippen LogP contribution < -0.4 is 24.8 Å². The third-order valence-electron chi connectivity index (χ3n) is 7.36. The number of carbonyl (C=O) groups is 1. The minimum Gasteiger partial charge on any atom is -0.495 e. The topological polar surface area (TPSA) is 120 Å². The van der Waals surface area contributed by atoms with Crippen LogP contribution in [0.4, 0.5) is 15.0 Å². The molecule has 0 saturated carbocycles. The van der Waals surface area contributed by atoms with Crippen molar-refractivity contribution in [1.29, 1.82) is 5.26 Å². The molecule has 0 radical (unpaired) electrons. The molecule has 5 rings (SSSR count). The number of hydrogen-bond donors (Lipinski definition) is 1. The molecule has 1 saturated heterocycles. The van der Waals surface area contributed by atoms with Gasteiger partial charge < -0.3 is 29.6 Å². The summed E-state index contributed by atoms with van der Waals surface area (Å²) in [6.45, 7) is 1.39. The van der Waals surface area contributed by atoms with Gasteiger partial charge in [0.2, 0.25) is 0 Å². The quantitative estimate of drug-likeness (QED) is 0.207. The summed E-state index contributed by atoms with van der Waals surface area (Å²) >= 11 is 3.72. The molecule has 3 aromatic carbocycles. The van der Waals surface area contributed by atoms with Crippen LogP contribution in [0.2, 0.25) is 0 Å². The van der Waals surface area contributed by atoms with Gasteiger partial charge >= 0.3 is 6.09 Å². The summed E-state index contributed by atoms with van der Waals surface area (Å²) < 4.78 is 38.5. The largest absolute Gasteiger partial charge is 0.495 e. The number of carbonyl (C=O) groups excluding carboxylic acids is 1. The van der Waals surface area contributed by atoms with E-state index in [0.29, 0.717) is 82.5 Å². The summed E-state index contributed by atoms with van der Waals surface area (Å²) in [5.74, 6) is 1.44. The van der Waals surface area contributed by atoms with E-state index >= 15 is 0 Å². The number of primary amides is 1. The van der Waals surface area contributed by atoms with Crippen molar-refractivity contribution in [3.05, 3.63) is 88.1 Å². The molecule has 4 aromatic rings. The highest BCUT2D eigenvalue weighted by Crippen LogP contribution is 2.48. The maximum absolute atomic E-state index is 15.0. The fraction of sp³-hybridized carbons (Fsp3) is 0.242. The Labute approximate surface area is 263 Å². The van der Waals surface area contributed by atoms with Crippen molar-refractivity contribution >= 4 is 27.8 Å². The molecule has 1 aromatic heterocycles. The molecule has 1 fully saturated rings. The number of nitriles is 1.